The van der Waals surface area contributed by atoms with Crippen molar-refractivity contribution < 1.29 is 9.53 Å². The molecule has 0 aliphatic heterocycles. The molecule has 190 valence electrons. The van der Waals surface area contributed by atoms with Gasteiger partial charge in [0.05, 0.1) is 0 Å². The first kappa shape index (κ1) is 24.6. The van der Waals surface area contributed by atoms with E-state index >= 15 is 0 Å². The maximum Gasteiger partial charge on any atom is 0.227 e. The number of hydrogen-bond acceptors (Lipinski definition) is 5. The Morgan fingerprint density at radius 2 is 1.84 bits per heavy atom. The molecule has 5 rings (SSSR count). The van der Waals surface area contributed by atoms with Crippen molar-refractivity contribution in [2.75, 3.05) is 10.6 Å². The van der Waals surface area contributed by atoms with Crippen molar-refractivity contribution >= 4 is 23.2 Å². The summed E-state index contributed by atoms with van der Waals surface area (Å²) in [6.07, 6.45) is 5.98. The minimum Gasteiger partial charge on any atom is -0.457 e. The lowest BCUT2D eigenvalue weighted by atomic mass is 9.83. The third kappa shape index (κ3) is 6.00. The first-order chi connectivity index (χ1) is 17.7. The van der Waals surface area contributed by atoms with Crippen molar-refractivity contribution in [2.24, 2.45) is 13.0 Å². The van der Waals surface area contributed by atoms with Gasteiger partial charge in [-0.2, -0.15) is 5.10 Å². The summed E-state index contributed by atoms with van der Waals surface area (Å²) < 4.78 is 7.89. The van der Waals surface area contributed by atoms with Crippen molar-refractivity contribution in [1.82, 2.24) is 14.8 Å². The molecule has 0 fully saturated rings. The van der Waals surface area contributed by atoms with E-state index in [-0.39, 0.29) is 17.2 Å². The van der Waals surface area contributed by atoms with Crippen LogP contribution in [-0.4, -0.2) is 20.7 Å². The molecule has 0 radical (unpaired) electrons. The highest BCUT2D eigenvalue weighted by Gasteiger charge is 2.25. The third-order valence-corrected chi connectivity index (χ3v) is 6.71. The molecule has 1 aliphatic carbocycles. The summed E-state index contributed by atoms with van der Waals surface area (Å²) in [6.45, 7) is 6.53. The first-order valence-electron chi connectivity index (χ1n) is 12.7. The zero-order valence-corrected chi connectivity index (χ0v) is 21.8. The Morgan fingerprint density at radius 3 is 2.62 bits per heavy atom. The fourth-order valence-electron chi connectivity index (χ4n) is 4.62. The number of carbonyl (C=O) groups is 1. The van der Waals surface area contributed by atoms with Crippen LogP contribution in [0.3, 0.4) is 0 Å². The number of nitrogens with one attached hydrogen (secondary N) is 2. The van der Waals surface area contributed by atoms with E-state index in [1.165, 1.54) is 11.1 Å². The summed E-state index contributed by atoms with van der Waals surface area (Å²) in [6, 6.07) is 19.9. The Hall–Kier alpha value is -4.13. The molecule has 0 spiro atoms. The van der Waals surface area contributed by atoms with E-state index in [9.17, 15) is 4.79 Å². The van der Waals surface area contributed by atoms with Gasteiger partial charge >= 0.3 is 0 Å². The smallest absolute Gasteiger partial charge is 0.227 e. The van der Waals surface area contributed by atoms with Gasteiger partial charge in [0.1, 0.15) is 17.3 Å². The summed E-state index contributed by atoms with van der Waals surface area (Å²) in [5, 5.41) is 10.7. The summed E-state index contributed by atoms with van der Waals surface area (Å²) in [5.74, 6) is 2.79. The Balaban J connectivity index is 1.25. The van der Waals surface area contributed by atoms with Crippen LogP contribution in [0.15, 0.2) is 73.1 Å². The molecule has 1 unspecified atom stereocenters. The number of aromatic nitrogens is 3. The maximum absolute atomic E-state index is 13.1. The van der Waals surface area contributed by atoms with Gasteiger partial charge in [-0.3, -0.25) is 9.48 Å². The first-order valence-corrected chi connectivity index (χ1v) is 12.7. The molecule has 1 atom stereocenters. The molecule has 0 saturated carbocycles. The predicted octanol–water partition coefficient (Wildman–Crippen LogP) is 6.39. The van der Waals surface area contributed by atoms with Crippen LogP contribution >= 0.6 is 0 Å². The third-order valence-electron chi connectivity index (χ3n) is 6.71. The standard InChI is InChI=1S/C30H33N5O2/c1-30(2,3)23-6-5-7-24(18-23)32-29(36)21-9-8-20-10-11-25(17-22(20)16-21)37-26-12-14-31-28(19-26)33-27-13-15-35(4)34-27/h5-7,10-15,17-19,21H,8-9,16H2,1-4H3,(H,32,36)(H,31,33,34). The summed E-state index contributed by atoms with van der Waals surface area (Å²) >= 11 is 0. The van der Waals surface area contributed by atoms with Crippen molar-refractivity contribution in [3.63, 3.8) is 0 Å². The molecule has 2 N–H and O–H groups in total. The lowest BCUT2D eigenvalue weighted by Crippen LogP contribution is -2.28. The number of anilines is 3. The average molecular weight is 496 g/mol. The Morgan fingerprint density at radius 1 is 1.00 bits per heavy atom. The number of pyridine rings is 1. The largest absolute Gasteiger partial charge is 0.457 e. The van der Waals surface area contributed by atoms with Gasteiger partial charge in [-0.05, 0) is 71.7 Å². The molecule has 7 heteroatoms. The van der Waals surface area contributed by atoms with Crippen LogP contribution < -0.4 is 15.4 Å². The molecule has 1 aliphatic rings. The van der Waals surface area contributed by atoms with Gasteiger partial charge in [0.25, 0.3) is 0 Å². The zero-order valence-electron chi connectivity index (χ0n) is 21.8. The highest BCUT2D eigenvalue weighted by Crippen LogP contribution is 2.32. The second-order valence-corrected chi connectivity index (χ2v) is 10.7. The SMILES string of the molecule is Cn1ccc(Nc2cc(Oc3ccc4c(c3)CC(C(=O)Nc3cccc(C(C)(C)C)c3)CC4)ccn2)n1. The van der Waals surface area contributed by atoms with Crippen LogP contribution in [-0.2, 0) is 30.1 Å². The van der Waals surface area contributed by atoms with Crippen molar-refractivity contribution in [1.29, 1.82) is 0 Å². The summed E-state index contributed by atoms with van der Waals surface area (Å²) in [7, 11) is 1.87. The molecule has 1 amide bonds. The van der Waals surface area contributed by atoms with Crippen molar-refractivity contribution in [3.05, 3.63) is 89.7 Å². The van der Waals surface area contributed by atoms with Crippen LogP contribution in [0.2, 0.25) is 0 Å². The topological polar surface area (TPSA) is 81.1 Å². The van der Waals surface area contributed by atoms with Crippen molar-refractivity contribution in [2.45, 2.75) is 45.4 Å². The van der Waals surface area contributed by atoms with E-state index in [1.54, 1.807) is 10.9 Å². The molecule has 0 saturated heterocycles. The van der Waals surface area contributed by atoms with E-state index in [2.05, 4.69) is 65.8 Å². The lowest BCUT2D eigenvalue weighted by Gasteiger charge is -2.25. The van der Waals surface area contributed by atoms with Gasteiger partial charge in [-0.1, -0.05) is 39.0 Å². The molecule has 37 heavy (non-hydrogen) atoms. The van der Waals surface area contributed by atoms with Gasteiger partial charge in [-0.25, -0.2) is 4.98 Å². The minimum absolute atomic E-state index is 0.0327. The fraction of sp³-hybridized carbons (Fsp3) is 0.300. The van der Waals surface area contributed by atoms with E-state index < -0.39 is 0 Å². The van der Waals surface area contributed by atoms with E-state index in [1.807, 2.05) is 49.6 Å². The number of fused-ring (bicyclic) bond motifs is 1. The van der Waals surface area contributed by atoms with Gasteiger partial charge in [0, 0.05) is 43.2 Å². The van der Waals surface area contributed by atoms with Gasteiger partial charge in [0.15, 0.2) is 5.82 Å². The predicted molar refractivity (Wildman–Crippen MR) is 147 cm³/mol. The molecule has 0 bridgehead atoms. The Bertz CT molecular complexity index is 1420. The average Bonchev–Trinajstić information content (AvgIpc) is 3.27. The highest BCUT2D eigenvalue weighted by atomic mass is 16.5. The molecular weight excluding hydrogens is 462 g/mol. The van der Waals surface area contributed by atoms with Crippen LogP contribution in [0.25, 0.3) is 0 Å². The highest BCUT2D eigenvalue weighted by molar-refractivity contribution is 5.93. The lowest BCUT2D eigenvalue weighted by molar-refractivity contribution is -0.120. The number of aryl methyl sites for hydroxylation is 2. The van der Waals surface area contributed by atoms with Crippen molar-refractivity contribution in [3.8, 4) is 11.5 Å². The number of amides is 1. The summed E-state index contributed by atoms with van der Waals surface area (Å²) in [4.78, 5) is 17.5. The van der Waals surface area contributed by atoms with Crippen LogP contribution in [0.5, 0.6) is 11.5 Å². The van der Waals surface area contributed by atoms with Gasteiger partial charge in [0.2, 0.25) is 5.91 Å². The zero-order chi connectivity index (χ0) is 26.0. The van der Waals surface area contributed by atoms with Gasteiger partial charge in [-0.15, -0.1) is 0 Å². The number of benzene rings is 2. The Labute approximate surface area is 217 Å². The van der Waals surface area contributed by atoms with Crippen LogP contribution in [0.4, 0.5) is 17.3 Å². The molecule has 7 nitrogen and oxygen atoms in total. The monoisotopic (exact) mass is 495 g/mol. The van der Waals surface area contributed by atoms with E-state index in [0.717, 1.165) is 35.7 Å². The number of rotatable bonds is 6. The number of ether oxygens (including phenoxy) is 1. The quantitative estimate of drug-likeness (QED) is 0.324. The second-order valence-electron chi connectivity index (χ2n) is 10.7. The summed E-state index contributed by atoms with van der Waals surface area (Å²) in [5.41, 5.74) is 4.53. The van der Waals surface area contributed by atoms with Gasteiger partial charge < -0.3 is 15.4 Å². The van der Waals surface area contributed by atoms with E-state index in [4.69, 9.17) is 4.74 Å². The Kier molecular flexibility index (Phi) is 6.70. The van der Waals surface area contributed by atoms with E-state index in [0.29, 0.717) is 18.0 Å². The maximum atomic E-state index is 13.1. The molecule has 4 aromatic rings. The minimum atomic E-state index is -0.0730. The van der Waals surface area contributed by atoms with Crippen LogP contribution in [0, 0.1) is 5.92 Å². The fourth-order valence-corrected chi connectivity index (χ4v) is 4.62. The molecule has 2 heterocycles. The number of carbonyl (C=O) groups excluding carboxylic acids is 1. The second kappa shape index (κ2) is 10.1. The molecule has 2 aromatic carbocycles. The van der Waals surface area contributed by atoms with Crippen LogP contribution in [0.1, 0.15) is 43.9 Å². The number of nitrogens with zero attached hydrogens (tertiary/aromatic N) is 3. The molecule has 2 aromatic heterocycles. The number of hydrogen-bond donors (Lipinski definition) is 2. The molecular formula is C30H33N5O2. The normalized spacial score (nSPS) is 15.1.